The van der Waals surface area contributed by atoms with Crippen LogP contribution in [0, 0.1) is 0 Å². The van der Waals surface area contributed by atoms with Gasteiger partial charge in [-0.2, -0.15) is 0 Å². The van der Waals surface area contributed by atoms with Crippen LogP contribution in [0.5, 0.6) is 5.75 Å². The van der Waals surface area contributed by atoms with E-state index in [1.54, 1.807) is 0 Å². The highest BCUT2D eigenvalue weighted by atomic mass is 16.5. The molecule has 0 N–H and O–H groups in total. The Kier molecular flexibility index (Phi) is 7.72. The minimum Gasteiger partial charge on any atom is -0.493 e. The van der Waals surface area contributed by atoms with E-state index in [1.807, 2.05) is 24.3 Å². The van der Waals surface area contributed by atoms with Crippen molar-refractivity contribution in [2.24, 2.45) is 0 Å². The van der Waals surface area contributed by atoms with Gasteiger partial charge in [0.15, 0.2) is 0 Å². The second-order valence-electron chi connectivity index (χ2n) is 10.5. The molecule has 2 aliphatic heterocycles. The molecule has 38 heavy (non-hydrogen) atoms. The molecule has 3 aromatic carbocycles. The Morgan fingerprint density at radius 2 is 1.66 bits per heavy atom. The molecular formula is C32H36N2O4. The summed E-state index contributed by atoms with van der Waals surface area (Å²) in [6.07, 6.45) is 3.37. The summed E-state index contributed by atoms with van der Waals surface area (Å²) >= 11 is 0. The van der Waals surface area contributed by atoms with Gasteiger partial charge in [-0.05, 0) is 72.8 Å². The maximum absolute atomic E-state index is 12.6. The monoisotopic (exact) mass is 512 g/mol. The number of likely N-dealkylation sites (tertiary alicyclic amines) is 1. The average molecular weight is 513 g/mol. The molecule has 0 radical (unpaired) electrons. The summed E-state index contributed by atoms with van der Waals surface area (Å²) < 4.78 is 17.3. The van der Waals surface area contributed by atoms with Crippen LogP contribution in [0.4, 0.5) is 0 Å². The molecule has 6 rings (SSSR count). The van der Waals surface area contributed by atoms with Gasteiger partial charge < -0.3 is 18.8 Å². The maximum Gasteiger partial charge on any atom is 0.340 e. The Bertz CT molecular complexity index is 1430. The highest BCUT2D eigenvalue weighted by Crippen LogP contribution is 2.30. The molecule has 6 heteroatoms. The molecule has 0 unspecified atom stereocenters. The van der Waals surface area contributed by atoms with Gasteiger partial charge in [-0.25, -0.2) is 4.79 Å². The van der Waals surface area contributed by atoms with Crippen LogP contribution >= 0.6 is 0 Å². The van der Waals surface area contributed by atoms with Crippen LogP contribution in [0.2, 0.25) is 0 Å². The summed E-state index contributed by atoms with van der Waals surface area (Å²) in [5.74, 6) is 1.42. The third kappa shape index (κ3) is 5.78. The SMILES string of the molecule is O=c1oc2cccc(OCCCN3CCC(c4ccc5ccccc5c4)CC3)c2cc1CN1CCOCC1. The summed E-state index contributed by atoms with van der Waals surface area (Å²) in [6.45, 7) is 7.57. The first-order valence-corrected chi connectivity index (χ1v) is 13.9. The summed E-state index contributed by atoms with van der Waals surface area (Å²) in [5.41, 5.74) is 2.45. The van der Waals surface area contributed by atoms with Crippen molar-refractivity contribution in [3.8, 4) is 5.75 Å². The van der Waals surface area contributed by atoms with Gasteiger partial charge in [-0.3, -0.25) is 4.90 Å². The summed E-state index contributed by atoms with van der Waals surface area (Å²) in [4.78, 5) is 17.3. The average Bonchev–Trinajstić information content (AvgIpc) is 2.96. The van der Waals surface area contributed by atoms with E-state index in [2.05, 4.69) is 52.3 Å². The number of piperidine rings is 1. The maximum atomic E-state index is 12.6. The second kappa shape index (κ2) is 11.7. The molecule has 1 aromatic heterocycles. The largest absolute Gasteiger partial charge is 0.493 e. The Labute approximate surface area is 223 Å². The van der Waals surface area contributed by atoms with Crippen LogP contribution in [0.15, 0.2) is 75.9 Å². The molecule has 0 aliphatic carbocycles. The zero-order valence-corrected chi connectivity index (χ0v) is 21.9. The van der Waals surface area contributed by atoms with Crippen LogP contribution in [0.25, 0.3) is 21.7 Å². The molecule has 3 heterocycles. The van der Waals surface area contributed by atoms with E-state index in [-0.39, 0.29) is 5.63 Å². The molecular weight excluding hydrogens is 476 g/mol. The van der Waals surface area contributed by atoms with Gasteiger partial charge >= 0.3 is 5.63 Å². The van der Waals surface area contributed by atoms with Gasteiger partial charge in [0.1, 0.15) is 11.3 Å². The van der Waals surface area contributed by atoms with Crippen molar-refractivity contribution in [3.05, 3.63) is 88.3 Å². The van der Waals surface area contributed by atoms with Crippen molar-refractivity contribution in [1.82, 2.24) is 9.80 Å². The molecule has 0 spiro atoms. The molecule has 0 saturated carbocycles. The predicted octanol–water partition coefficient (Wildman–Crippen LogP) is 5.43. The van der Waals surface area contributed by atoms with Crippen molar-refractivity contribution in [1.29, 1.82) is 0 Å². The number of rotatable bonds is 8. The van der Waals surface area contributed by atoms with Crippen LogP contribution < -0.4 is 10.4 Å². The first kappa shape index (κ1) is 25.1. The van der Waals surface area contributed by atoms with E-state index >= 15 is 0 Å². The number of fused-ring (bicyclic) bond motifs is 2. The smallest absolute Gasteiger partial charge is 0.340 e. The van der Waals surface area contributed by atoms with Gasteiger partial charge in [0.2, 0.25) is 0 Å². The number of nitrogens with zero attached hydrogens (tertiary/aromatic N) is 2. The van der Waals surface area contributed by atoms with E-state index in [1.165, 1.54) is 29.2 Å². The molecule has 2 saturated heterocycles. The quantitative estimate of drug-likeness (QED) is 0.232. The zero-order chi connectivity index (χ0) is 25.7. The van der Waals surface area contributed by atoms with E-state index < -0.39 is 0 Å². The van der Waals surface area contributed by atoms with Gasteiger partial charge in [-0.15, -0.1) is 0 Å². The second-order valence-corrected chi connectivity index (χ2v) is 10.5. The fraction of sp³-hybridized carbons (Fsp3) is 0.406. The standard InChI is InChI=1S/C32H36N2O4/c35-32-28(23-34-16-19-36-20-17-34)22-29-30(7-3-8-31(29)38-32)37-18-4-13-33-14-11-25(12-15-33)27-10-9-24-5-1-2-6-26(24)21-27/h1-3,5-10,21-22,25H,4,11-20,23H2. The number of ether oxygens (including phenoxy) is 2. The van der Waals surface area contributed by atoms with Gasteiger partial charge in [0.05, 0.1) is 30.8 Å². The molecule has 2 fully saturated rings. The summed E-state index contributed by atoms with van der Waals surface area (Å²) in [6, 6.07) is 23.2. The molecule has 2 aliphatic rings. The fourth-order valence-electron chi connectivity index (χ4n) is 5.81. The molecule has 6 nitrogen and oxygen atoms in total. The van der Waals surface area contributed by atoms with Crippen molar-refractivity contribution in [3.63, 3.8) is 0 Å². The Morgan fingerprint density at radius 3 is 2.50 bits per heavy atom. The lowest BCUT2D eigenvalue weighted by Crippen LogP contribution is -2.36. The van der Waals surface area contributed by atoms with E-state index in [0.717, 1.165) is 50.3 Å². The lowest BCUT2D eigenvalue weighted by molar-refractivity contribution is 0.0338. The van der Waals surface area contributed by atoms with Crippen LogP contribution in [-0.2, 0) is 11.3 Å². The van der Waals surface area contributed by atoms with Gasteiger partial charge in [-0.1, -0.05) is 48.5 Å². The highest BCUT2D eigenvalue weighted by molar-refractivity contribution is 5.84. The van der Waals surface area contributed by atoms with Crippen molar-refractivity contribution >= 4 is 21.7 Å². The Balaban J connectivity index is 1.01. The molecule has 0 amide bonds. The van der Waals surface area contributed by atoms with Gasteiger partial charge in [0.25, 0.3) is 0 Å². The highest BCUT2D eigenvalue weighted by Gasteiger charge is 2.21. The number of hydrogen-bond acceptors (Lipinski definition) is 6. The first-order valence-electron chi connectivity index (χ1n) is 13.9. The van der Waals surface area contributed by atoms with E-state index in [9.17, 15) is 4.79 Å². The molecule has 0 atom stereocenters. The third-order valence-electron chi connectivity index (χ3n) is 8.02. The lowest BCUT2D eigenvalue weighted by Gasteiger charge is -2.32. The number of hydrogen-bond donors (Lipinski definition) is 0. The van der Waals surface area contributed by atoms with Crippen LogP contribution in [0.1, 0.15) is 36.3 Å². The number of benzene rings is 3. The van der Waals surface area contributed by atoms with Crippen LogP contribution in [-0.4, -0.2) is 62.3 Å². The summed E-state index contributed by atoms with van der Waals surface area (Å²) in [7, 11) is 0. The van der Waals surface area contributed by atoms with Crippen molar-refractivity contribution < 1.29 is 13.9 Å². The zero-order valence-electron chi connectivity index (χ0n) is 21.9. The van der Waals surface area contributed by atoms with Gasteiger partial charge in [0, 0.05) is 26.2 Å². The lowest BCUT2D eigenvalue weighted by atomic mass is 9.88. The topological polar surface area (TPSA) is 55.2 Å². The number of morpholine rings is 1. The normalized spacial score (nSPS) is 17.8. The molecule has 4 aromatic rings. The van der Waals surface area contributed by atoms with Crippen molar-refractivity contribution in [2.45, 2.75) is 31.7 Å². The van der Waals surface area contributed by atoms with E-state index in [4.69, 9.17) is 13.9 Å². The third-order valence-corrected chi connectivity index (χ3v) is 8.02. The Hall–Kier alpha value is -3.19. The summed E-state index contributed by atoms with van der Waals surface area (Å²) in [5, 5.41) is 3.52. The minimum atomic E-state index is -0.270. The van der Waals surface area contributed by atoms with E-state index in [0.29, 0.717) is 43.4 Å². The van der Waals surface area contributed by atoms with Crippen molar-refractivity contribution in [2.75, 3.05) is 52.5 Å². The Morgan fingerprint density at radius 1 is 0.842 bits per heavy atom. The molecule has 198 valence electrons. The first-order chi connectivity index (χ1) is 18.7. The minimum absolute atomic E-state index is 0.270. The predicted molar refractivity (Wildman–Crippen MR) is 151 cm³/mol. The fourth-order valence-corrected chi connectivity index (χ4v) is 5.81. The van der Waals surface area contributed by atoms with Crippen LogP contribution in [0.3, 0.4) is 0 Å². The molecule has 0 bridgehead atoms.